The molecule has 0 N–H and O–H groups in total. The van der Waals surface area contributed by atoms with Gasteiger partial charge in [0, 0.05) is 30.5 Å². The van der Waals surface area contributed by atoms with Crippen molar-refractivity contribution in [2.45, 2.75) is 59.4 Å². The topological polar surface area (TPSA) is 48.0 Å². The van der Waals surface area contributed by atoms with Gasteiger partial charge >= 0.3 is 0 Å². The number of fused-ring (bicyclic) bond motifs is 2. The highest BCUT2D eigenvalue weighted by atomic mass is 16.7. The number of allylic oxidation sites excluding steroid dienone is 4. The van der Waals surface area contributed by atoms with E-state index in [2.05, 4.69) is 50.9 Å². The maximum absolute atomic E-state index is 13.4. The quantitative estimate of drug-likeness (QED) is 0.477. The van der Waals surface area contributed by atoms with Gasteiger partial charge in [0.2, 0.25) is 12.5 Å². The van der Waals surface area contributed by atoms with E-state index in [0.29, 0.717) is 23.8 Å². The lowest BCUT2D eigenvalue weighted by Gasteiger charge is -2.37. The Hall–Kier alpha value is -2.27. The average Bonchev–Trinajstić information content (AvgIpc) is 3.19. The van der Waals surface area contributed by atoms with Gasteiger partial charge in [0.05, 0.1) is 7.11 Å². The minimum absolute atomic E-state index is 0.0416. The van der Waals surface area contributed by atoms with Crippen LogP contribution in [-0.4, -0.2) is 38.2 Å². The van der Waals surface area contributed by atoms with Crippen molar-refractivity contribution < 1.29 is 19.0 Å². The summed E-state index contributed by atoms with van der Waals surface area (Å²) in [7, 11) is 3.75. The molecule has 1 aromatic carbocycles. The second kappa shape index (κ2) is 8.34. The van der Waals surface area contributed by atoms with Crippen LogP contribution in [0.3, 0.4) is 0 Å². The summed E-state index contributed by atoms with van der Waals surface area (Å²) in [6.07, 6.45) is 8.12. The number of hydrogen-bond acceptors (Lipinski definition) is 5. The molecule has 3 aliphatic rings. The average molecular weight is 426 g/mol. The van der Waals surface area contributed by atoms with E-state index in [4.69, 9.17) is 14.2 Å². The predicted molar refractivity (Wildman–Crippen MR) is 122 cm³/mol. The summed E-state index contributed by atoms with van der Waals surface area (Å²) >= 11 is 0. The first-order valence-electron chi connectivity index (χ1n) is 11.3. The highest BCUT2D eigenvalue weighted by Crippen LogP contribution is 2.50. The van der Waals surface area contributed by atoms with E-state index in [1.54, 1.807) is 7.11 Å². The summed E-state index contributed by atoms with van der Waals surface area (Å²) in [5.74, 6) is 2.61. The SMILES string of the molecule is COc1c2c(cc3c1[C@H](CC(=O)C(C)=C[C@H]1C(C)=CCCC1(C)C)N(C)CC3)OCO2. The zero-order valence-electron chi connectivity index (χ0n) is 19.7. The van der Waals surface area contributed by atoms with Crippen LogP contribution in [0.25, 0.3) is 0 Å². The normalized spacial score (nSPS) is 25.1. The van der Waals surface area contributed by atoms with Crippen LogP contribution in [0.1, 0.15) is 64.1 Å². The third kappa shape index (κ3) is 4.00. The first kappa shape index (κ1) is 21.9. The number of hydrogen-bond donors (Lipinski definition) is 0. The van der Waals surface area contributed by atoms with E-state index in [1.807, 2.05) is 6.92 Å². The van der Waals surface area contributed by atoms with Gasteiger partial charge in [-0.2, -0.15) is 0 Å². The van der Waals surface area contributed by atoms with Crippen molar-refractivity contribution in [3.63, 3.8) is 0 Å². The monoisotopic (exact) mass is 425 g/mol. The van der Waals surface area contributed by atoms with Gasteiger partial charge in [0.1, 0.15) is 0 Å². The third-order valence-corrected chi connectivity index (χ3v) is 7.37. The van der Waals surface area contributed by atoms with Gasteiger partial charge in [0.25, 0.3) is 0 Å². The molecule has 5 heteroatoms. The molecule has 0 radical (unpaired) electrons. The second-order valence-electron chi connectivity index (χ2n) is 9.89. The molecule has 31 heavy (non-hydrogen) atoms. The van der Waals surface area contributed by atoms with E-state index in [-0.39, 0.29) is 24.0 Å². The van der Waals surface area contributed by atoms with Crippen molar-refractivity contribution in [2.75, 3.05) is 27.5 Å². The lowest BCUT2D eigenvalue weighted by molar-refractivity contribution is -0.116. The molecule has 0 bridgehead atoms. The molecule has 1 aromatic rings. The molecule has 0 saturated carbocycles. The smallest absolute Gasteiger partial charge is 0.231 e. The van der Waals surface area contributed by atoms with E-state index in [1.165, 1.54) is 11.1 Å². The summed E-state index contributed by atoms with van der Waals surface area (Å²) < 4.78 is 17.1. The Labute approximate surface area is 186 Å². The van der Waals surface area contributed by atoms with E-state index < -0.39 is 0 Å². The number of nitrogens with zero attached hydrogens (tertiary/aromatic N) is 1. The zero-order valence-corrected chi connectivity index (χ0v) is 19.7. The number of ketones is 1. The molecule has 0 spiro atoms. The van der Waals surface area contributed by atoms with Crippen LogP contribution in [0.2, 0.25) is 0 Å². The largest absolute Gasteiger partial charge is 0.492 e. The molecule has 0 unspecified atom stereocenters. The Kier molecular flexibility index (Phi) is 5.91. The first-order valence-corrected chi connectivity index (χ1v) is 11.3. The van der Waals surface area contributed by atoms with Gasteiger partial charge < -0.3 is 14.2 Å². The van der Waals surface area contributed by atoms with E-state index >= 15 is 0 Å². The maximum atomic E-state index is 13.4. The van der Waals surface area contributed by atoms with Crippen LogP contribution in [-0.2, 0) is 11.2 Å². The minimum atomic E-state index is -0.0416. The number of ether oxygens (including phenoxy) is 3. The maximum Gasteiger partial charge on any atom is 0.231 e. The predicted octanol–water partition coefficient (Wildman–Crippen LogP) is 5.24. The molecule has 2 atom stereocenters. The fourth-order valence-electron chi connectivity index (χ4n) is 5.39. The molecule has 2 aliphatic heterocycles. The number of carbonyl (C=O) groups is 1. The lowest BCUT2D eigenvalue weighted by Crippen LogP contribution is -2.34. The van der Waals surface area contributed by atoms with Crippen LogP contribution in [0.5, 0.6) is 17.2 Å². The highest BCUT2D eigenvalue weighted by Gasteiger charge is 2.36. The summed E-state index contributed by atoms with van der Waals surface area (Å²) in [5, 5.41) is 0. The molecule has 0 saturated heterocycles. The number of methoxy groups -OCH3 is 1. The van der Waals surface area contributed by atoms with Crippen LogP contribution >= 0.6 is 0 Å². The van der Waals surface area contributed by atoms with Crippen LogP contribution in [0, 0.1) is 11.3 Å². The summed E-state index contributed by atoms with van der Waals surface area (Å²) in [6, 6.07) is 2.02. The Morgan fingerprint density at radius 2 is 2.13 bits per heavy atom. The van der Waals surface area contributed by atoms with E-state index in [9.17, 15) is 4.79 Å². The fraction of sp³-hybridized carbons (Fsp3) is 0.577. The standard InChI is InChI=1S/C26H35NO4/c1-16-8-7-10-26(3,4)19(16)12-17(2)21(28)14-20-23-18(9-11-27(20)5)13-22-24(25(23)29-6)31-15-30-22/h8,12-13,19-20H,7,9-11,14-15H2,1-6H3/t19-,20-/m0/s1. The number of likely N-dealkylation sites (N-methyl/N-ethyl adjacent to an activating group) is 1. The van der Waals surface area contributed by atoms with Crippen LogP contribution in [0.15, 0.2) is 29.4 Å². The van der Waals surface area contributed by atoms with Gasteiger partial charge in [-0.05, 0) is 62.8 Å². The molecule has 5 nitrogen and oxygen atoms in total. The lowest BCUT2D eigenvalue weighted by atomic mass is 9.68. The van der Waals surface area contributed by atoms with Gasteiger partial charge in [0.15, 0.2) is 17.3 Å². The van der Waals surface area contributed by atoms with Gasteiger partial charge in [-0.15, -0.1) is 0 Å². The summed E-state index contributed by atoms with van der Waals surface area (Å²) in [5.41, 5.74) is 4.66. The van der Waals surface area contributed by atoms with Gasteiger partial charge in [-0.3, -0.25) is 9.69 Å². The Morgan fingerprint density at radius 1 is 1.35 bits per heavy atom. The van der Waals surface area contributed by atoms with Gasteiger partial charge in [-0.25, -0.2) is 0 Å². The van der Waals surface area contributed by atoms with Crippen molar-refractivity contribution in [1.29, 1.82) is 0 Å². The van der Waals surface area contributed by atoms with Crippen LogP contribution in [0.4, 0.5) is 0 Å². The molecule has 1 aliphatic carbocycles. The van der Waals surface area contributed by atoms with Gasteiger partial charge in [-0.1, -0.05) is 31.6 Å². The molecule has 168 valence electrons. The molecular weight excluding hydrogens is 390 g/mol. The van der Waals surface area contributed by atoms with Crippen molar-refractivity contribution >= 4 is 5.78 Å². The summed E-state index contributed by atoms with van der Waals surface area (Å²) in [6.45, 7) is 9.88. The van der Waals surface area contributed by atoms with Crippen LogP contribution < -0.4 is 14.2 Å². The highest BCUT2D eigenvalue weighted by molar-refractivity contribution is 5.95. The van der Waals surface area contributed by atoms with Crippen molar-refractivity contribution in [2.24, 2.45) is 11.3 Å². The zero-order chi connectivity index (χ0) is 22.3. The molecular formula is C26H35NO4. The number of rotatable bonds is 5. The Bertz CT molecular complexity index is 943. The van der Waals surface area contributed by atoms with Crippen molar-refractivity contribution in [1.82, 2.24) is 4.90 Å². The number of carbonyl (C=O) groups excluding carboxylic acids is 1. The molecule has 0 fully saturated rings. The first-order chi connectivity index (χ1) is 14.7. The Balaban J connectivity index is 1.63. The summed E-state index contributed by atoms with van der Waals surface area (Å²) in [4.78, 5) is 15.6. The third-order valence-electron chi connectivity index (χ3n) is 7.37. The molecule has 4 rings (SSSR count). The molecule has 0 aromatic heterocycles. The molecule has 2 heterocycles. The minimum Gasteiger partial charge on any atom is -0.492 e. The van der Waals surface area contributed by atoms with E-state index in [0.717, 1.165) is 42.7 Å². The fourth-order valence-corrected chi connectivity index (χ4v) is 5.39. The van der Waals surface area contributed by atoms with Crippen molar-refractivity contribution in [3.8, 4) is 17.2 Å². The van der Waals surface area contributed by atoms with Crippen molar-refractivity contribution in [3.05, 3.63) is 40.5 Å². The molecule has 0 amide bonds. The Morgan fingerprint density at radius 3 is 2.84 bits per heavy atom. The second-order valence-corrected chi connectivity index (χ2v) is 9.89. The number of Topliss-reactive ketones (excluding diaryl/α,β-unsaturated/α-hetero) is 1. The number of benzene rings is 1.